The van der Waals surface area contributed by atoms with Crippen LogP contribution >= 0.6 is 0 Å². The minimum absolute atomic E-state index is 0.171. The van der Waals surface area contributed by atoms with Crippen molar-refractivity contribution in [2.24, 2.45) is 0 Å². The molecule has 0 aliphatic carbocycles. The Morgan fingerprint density at radius 3 is 2.74 bits per heavy atom. The Kier molecular flexibility index (Phi) is 4.54. The maximum absolute atomic E-state index is 13.4. The first-order chi connectivity index (χ1) is 9.29. The van der Waals surface area contributed by atoms with Gasteiger partial charge in [-0.3, -0.25) is 0 Å². The summed E-state index contributed by atoms with van der Waals surface area (Å²) in [5.41, 5.74) is 1.69. The third kappa shape index (κ3) is 3.84. The number of hydrogen-bond acceptors (Lipinski definition) is 2. The molecule has 0 aliphatic rings. The summed E-state index contributed by atoms with van der Waals surface area (Å²) >= 11 is 0. The van der Waals surface area contributed by atoms with E-state index in [-0.39, 0.29) is 24.8 Å². The van der Waals surface area contributed by atoms with Crippen molar-refractivity contribution in [2.75, 3.05) is 6.61 Å². The molecule has 2 rings (SSSR count). The van der Waals surface area contributed by atoms with Crippen molar-refractivity contribution in [1.29, 1.82) is 0 Å². The van der Waals surface area contributed by atoms with E-state index in [4.69, 9.17) is 9.84 Å². The summed E-state index contributed by atoms with van der Waals surface area (Å²) in [6.45, 7) is 0.103. The molecule has 0 radical (unpaired) electrons. The Hall–Kier alpha value is -2.31. The van der Waals surface area contributed by atoms with Crippen LogP contribution in [0.5, 0.6) is 5.75 Å². The lowest BCUT2D eigenvalue weighted by molar-refractivity contribution is 0.290. The van der Waals surface area contributed by atoms with Crippen molar-refractivity contribution in [1.82, 2.24) is 0 Å². The number of hydrogen-bond donors (Lipinski definition) is 1. The predicted molar refractivity (Wildman–Crippen MR) is 71.1 cm³/mol. The van der Waals surface area contributed by atoms with E-state index in [9.17, 15) is 4.39 Å². The number of para-hydroxylation sites is 1. The number of halogens is 1. The van der Waals surface area contributed by atoms with E-state index < -0.39 is 0 Å². The maximum atomic E-state index is 13.4. The van der Waals surface area contributed by atoms with Crippen molar-refractivity contribution in [2.45, 2.75) is 6.61 Å². The average molecular weight is 256 g/mol. The number of rotatable bonds is 3. The molecule has 0 aliphatic heterocycles. The van der Waals surface area contributed by atoms with E-state index >= 15 is 0 Å². The highest BCUT2D eigenvalue weighted by Crippen LogP contribution is 2.17. The standard InChI is InChI=1S/C16H13FO2/c17-15-8-1-2-9-16(15)19-12-14-6-3-5-13(11-14)7-4-10-18/h1-3,5-6,8-9,11,18H,10,12H2. The molecule has 1 N–H and O–H groups in total. The molecule has 0 spiro atoms. The molecule has 2 nitrogen and oxygen atoms in total. The molecule has 0 fully saturated rings. The van der Waals surface area contributed by atoms with Crippen LogP contribution in [-0.2, 0) is 6.61 Å². The predicted octanol–water partition coefficient (Wildman–Crippen LogP) is 2.75. The van der Waals surface area contributed by atoms with Gasteiger partial charge in [0, 0.05) is 5.56 Å². The smallest absolute Gasteiger partial charge is 0.165 e. The molecular weight excluding hydrogens is 243 g/mol. The first-order valence-electron chi connectivity index (χ1n) is 5.85. The SMILES string of the molecule is OCC#Cc1cccc(COc2ccccc2F)c1. The quantitative estimate of drug-likeness (QED) is 0.856. The fourth-order valence-corrected chi connectivity index (χ4v) is 1.60. The molecule has 0 saturated carbocycles. The Morgan fingerprint density at radius 2 is 1.95 bits per heavy atom. The van der Waals surface area contributed by atoms with E-state index in [2.05, 4.69) is 11.8 Å². The largest absolute Gasteiger partial charge is 0.486 e. The molecule has 2 aromatic rings. The molecule has 0 heterocycles. The topological polar surface area (TPSA) is 29.5 Å². The first kappa shape index (κ1) is 13.1. The Balaban J connectivity index is 2.06. The zero-order chi connectivity index (χ0) is 13.5. The first-order valence-corrected chi connectivity index (χ1v) is 5.85. The fourth-order valence-electron chi connectivity index (χ4n) is 1.60. The second kappa shape index (κ2) is 6.58. The van der Waals surface area contributed by atoms with Crippen molar-refractivity contribution in [3.63, 3.8) is 0 Å². The van der Waals surface area contributed by atoms with Gasteiger partial charge in [-0.1, -0.05) is 36.1 Å². The van der Waals surface area contributed by atoms with Crippen molar-refractivity contribution >= 4 is 0 Å². The Bertz CT molecular complexity index is 611. The van der Waals surface area contributed by atoms with Crippen molar-refractivity contribution in [3.05, 3.63) is 65.5 Å². The van der Waals surface area contributed by atoms with Gasteiger partial charge in [0.15, 0.2) is 11.6 Å². The van der Waals surface area contributed by atoms with Gasteiger partial charge in [-0.05, 0) is 29.8 Å². The van der Waals surface area contributed by atoms with Crippen LogP contribution in [0, 0.1) is 17.7 Å². The molecular formula is C16H13FO2. The molecule has 0 bridgehead atoms. The van der Waals surface area contributed by atoms with Crippen LogP contribution in [0.3, 0.4) is 0 Å². The van der Waals surface area contributed by atoms with Gasteiger partial charge in [0.25, 0.3) is 0 Å². The lowest BCUT2D eigenvalue weighted by Crippen LogP contribution is -1.97. The molecule has 0 aromatic heterocycles. The summed E-state index contributed by atoms with van der Waals surface area (Å²) in [5.74, 6) is 5.25. The normalized spacial score (nSPS) is 9.58. The number of aliphatic hydroxyl groups excluding tert-OH is 1. The van der Waals surface area contributed by atoms with Crippen LogP contribution in [0.15, 0.2) is 48.5 Å². The number of aliphatic hydroxyl groups is 1. The lowest BCUT2D eigenvalue weighted by atomic mass is 10.1. The van der Waals surface area contributed by atoms with Crippen LogP contribution in [-0.4, -0.2) is 11.7 Å². The zero-order valence-electron chi connectivity index (χ0n) is 10.3. The fraction of sp³-hybridized carbons (Fsp3) is 0.125. The summed E-state index contributed by atoms with van der Waals surface area (Å²) in [6, 6.07) is 13.7. The molecule has 19 heavy (non-hydrogen) atoms. The minimum atomic E-state index is -0.376. The molecule has 3 heteroatoms. The second-order valence-electron chi connectivity index (χ2n) is 3.88. The van der Waals surface area contributed by atoms with Crippen LogP contribution in [0.2, 0.25) is 0 Å². The Labute approximate surface area is 111 Å². The van der Waals surface area contributed by atoms with Crippen LogP contribution in [0.4, 0.5) is 4.39 Å². The van der Waals surface area contributed by atoms with E-state index in [0.29, 0.717) is 0 Å². The summed E-state index contributed by atoms with van der Waals surface area (Å²) < 4.78 is 18.8. The van der Waals surface area contributed by atoms with Crippen molar-refractivity contribution in [3.8, 4) is 17.6 Å². The summed E-state index contributed by atoms with van der Waals surface area (Å²) in [7, 11) is 0. The number of ether oxygens (including phenoxy) is 1. The highest BCUT2D eigenvalue weighted by atomic mass is 19.1. The minimum Gasteiger partial charge on any atom is -0.486 e. The van der Waals surface area contributed by atoms with E-state index in [0.717, 1.165) is 11.1 Å². The highest BCUT2D eigenvalue weighted by Gasteiger charge is 2.02. The van der Waals surface area contributed by atoms with Gasteiger partial charge in [0.05, 0.1) is 0 Å². The molecule has 2 aromatic carbocycles. The average Bonchev–Trinajstić information content (AvgIpc) is 2.45. The van der Waals surface area contributed by atoms with E-state index in [1.807, 2.05) is 24.3 Å². The van der Waals surface area contributed by atoms with Crippen LogP contribution in [0.1, 0.15) is 11.1 Å². The van der Waals surface area contributed by atoms with Crippen molar-refractivity contribution < 1.29 is 14.2 Å². The summed E-state index contributed by atoms with van der Waals surface area (Å²) in [6.07, 6.45) is 0. The molecule has 0 atom stereocenters. The molecule has 0 amide bonds. The summed E-state index contributed by atoms with van der Waals surface area (Å²) in [4.78, 5) is 0. The van der Waals surface area contributed by atoms with E-state index in [1.165, 1.54) is 6.07 Å². The van der Waals surface area contributed by atoms with Gasteiger partial charge in [0.2, 0.25) is 0 Å². The van der Waals surface area contributed by atoms with Gasteiger partial charge < -0.3 is 9.84 Å². The van der Waals surface area contributed by atoms with Gasteiger partial charge in [-0.15, -0.1) is 0 Å². The van der Waals surface area contributed by atoms with Gasteiger partial charge >= 0.3 is 0 Å². The third-order valence-corrected chi connectivity index (χ3v) is 2.47. The van der Waals surface area contributed by atoms with Gasteiger partial charge in [-0.25, -0.2) is 4.39 Å². The molecule has 96 valence electrons. The third-order valence-electron chi connectivity index (χ3n) is 2.47. The van der Waals surface area contributed by atoms with Gasteiger partial charge in [0.1, 0.15) is 13.2 Å². The highest BCUT2D eigenvalue weighted by molar-refractivity contribution is 5.37. The maximum Gasteiger partial charge on any atom is 0.165 e. The van der Waals surface area contributed by atoms with Gasteiger partial charge in [-0.2, -0.15) is 0 Å². The number of benzene rings is 2. The van der Waals surface area contributed by atoms with Crippen LogP contribution in [0.25, 0.3) is 0 Å². The Morgan fingerprint density at radius 1 is 1.11 bits per heavy atom. The van der Waals surface area contributed by atoms with Crippen LogP contribution < -0.4 is 4.74 Å². The monoisotopic (exact) mass is 256 g/mol. The summed E-state index contributed by atoms with van der Waals surface area (Å²) in [5, 5.41) is 8.64. The molecule has 0 saturated heterocycles. The zero-order valence-corrected chi connectivity index (χ0v) is 10.3. The van der Waals surface area contributed by atoms with E-state index in [1.54, 1.807) is 18.2 Å². The lowest BCUT2D eigenvalue weighted by Gasteiger charge is -2.07. The molecule has 0 unspecified atom stereocenters. The second-order valence-corrected chi connectivity index (χ2v) is 3.88.